The van der Waals surface area contributed by atoms with Gasteiger partial charge in [0, 0.05) is 5.57 Å². The summed E-state index contributed by atoms with van der Waals surface area (Å²) in [5.74, 6) is -0.373. The Bertz CT molecular complexity index is 412. The first-order chi connectivity index (χ1) is 6.93. The van der Waals surface area contributed by atoms with Gasteiger partial charge in [-0.3, -0.25) is 0 Å². The highest BCUT2D eigenvalue weighted by Gasteiger charge is 2.14. The minimum Gasteiger partial charge on any atom is -0.457 e. The van der Waals surface area contributed by atoms with Crippen LogP contribution >= 0.6 is 59.1 Å². The van der Waals surface area contributed by atoms with Crippen molar-refractivity contribution in [2.45, 2.75) is 13.5 Å². The first-order valence-corrected chi connectivity index (χ1v) is 7.07. The Labute approximate surface area is 117 Å². The lowest BCUT2D eigenvalue weighted by Gasteiger charge is -2.02. The van der Waals surface area contributed by atoms with Gasteiger partial charge in [-0.25, -0.2) is 4.79 Å². The van der Waals surface area contributed by atoms with Crippen molar-refractivity contribution in [1.29, 1.82) is 0 Å². The smallest absolute Gasteiger partial charge is 0.333 e. The molecule has 0 saturated heterocycles. The summed E-state index contributed by atoms with van der Waals surface area (Å²) in [6.07, 6.45) is 0. The zero-order valence-electron chi connectivity index (χ0n) is 7.77. The van der Waals surface area contributed by atoms with Gasteiger partial charge in [0.05, 0.1) is 17.6 Å². The van der Waals surface area contributed by atoms with Crippen LogP contribution in [0.5, 0.6) is 0 Å². The molecule has 0 aliphatic carbocycles. The van der Waals surface area contributed by atoms with E-state index in [1.165, 1.54) is 11.3 Å². The van der Waals surface area contributed by atoms with Gasteiger partial charge in [-0.15, -0.1) is 11.3 Å². The number of esters is 1. The molecule has 0 aliphatic rings. The molecule has 15 heavy (non-hydrogen) atoms. The van der Waals surface area contributed by atoms with Crippen molar-refractivity contribution in [3.63, 3.8) is 0 Å². The van der Waals surface area contributed by atoms with E-state index in [2.05, 4.69) is 54.4 Å². The van der Waals surface area contributed by atoms with E-state index in [0.717, 1.165) is 17.6 Å². The predicted octanol–water partition coefficient (Wildman–Crippen LogP) is 4.65. The monoisotopic (exact) mass is 416 g/mol. The van der Waals surface area contributed by atoms with Gasteiger partial charge in [-0.2, -0.15) is 0 Å². The zero-order chi connectivity index (χ0) is 11.6. The maximum absolute atomic E-state index is 11.2. The molecule has 0 bridgehead atoms. The van der Waals surface area contributed by atoms with Gasteiger partial charge in [0.1, 0.15) is 6.61 Å². The summed E-state index contributed by atoms with van der Waals surface area (Å²) in [6.45, 7) is 5.38. The zero-order valence-corrected chi connectivity index (χ0v) is 13.3. The first kappa shape index (κ1) is 13.4. The van der Waals surface area contributed by atoms with Gasteiger partial charge in [0.2, 0.25) is 0 Å². The molecule has 0 aliphatic heterocycles. The summed E-state index contributed by atoms with van der Waals surface area (Å²) in [5, 5.41) is 0. The molecule has 1 aromatic rings. The van der Waals surface area contributed by atoms with E-state index in [-0.39, 0.29) is 12.6 Å². The molecule has 0 N–H and O–H groups in total. The standard InChI is InChI=1S/C9H7Br3O2S/c1-4(2)9(13)14-3-5-6(10)7(11)8(12)15-5/h1,3H2,2H3. The van der Waals surface area contributed by atoms with Crippen LogP contribution in [0.4, 0.5) is 0 Å². The second kappa shape index (κ2) is 5.61. The Morgan fingerprint density at radius 2 is 2.00 bits per heavy atom. The summed E-state index contributed by atoms with van der Waals surface area (Å²) in [7, 11) is 0. The molecule has 1 heterocycles. The van der Waals surface area contributed by atoms with Gasteiger partial charge in [-0.1, -0.05) is 6.58 Å². The van der Waals surface area contributed by atoms with E-state index in [0.29, 0.717) is 5.57 Å². The van der Waals surface area contributed by atoms with E-state index in [9.17, 15) is 4.79 Å². The molecule has 0 aromatic carbocycles. The summed E-state index contributed by atoms with van der Waals surface area (Å²) in [6, 6.07) is 0. The summed E-state index contributed by atoms with van der Waals surface area (Å²) < 4.78 is 7.86. The molecular weight excluding hydrogens is 412 g/mol. The van der Waals surface area contributed by atoms with E-state index in [1.54, 1.807) is 6.92 Å². The number of thiophene rings is 1. The number of carbonyl (C=O) groups is 1. The Morgan fingerprint density at radius 3 is 2.40 bits per heavy atom. The quantitative estimate of drug-likeness (QED) is 0.527. The lowest BCUT2D eigenvalue weighted by Crippen LogP contribution is -2.04. The average Bonchev–Trinajstić information content (AvgIpc) is 2.42. The highest BCUT2D eigenvalue weighted by molar-refractivity contribution is 9.14. The lowest BCUT2D eigenvalue weighted by molar-refractivity contribution is -0.140. The number of carbonyl (C=O) groups excluding carboxylic acids is 1. The van der Waals surface area contributed by atoms with E-state index in [1.807, 2.05) is 0 Å². The fourth-order valence-electron chi connectivity index (χ4n) is 0.754. The third-order valence-corrected chi connectivity index (χ3v) is 6.60. The molecule has 0 unspecified atom stereocenters. The van der Waals surface area contributed by atoms with E-state index >= 15 is 0 Å². The number of hydrogen-bond donors (Lipinski definition) is 0. The molecule has 1 rings (SSSR count). The summed E-state index contributed by atoms with van der Waals surface area (Å²) in [4.78, 5) is 12.1. The van der Waals surface area contributed by atoms with Gasteiger partial charge in [0.25, 0.3) is 0 Å². The van der Waals surface area contributed by atoms with Crippen molar-refractivity contribution in [2.24, 2.45) is 0 Å². The van der Waals surface area contributed by atoms with Crippen LogP contribution in [0.1, 0.15) is 11.8 Å². The van der Waals surface area contributed by atoms with Crippen molar-refractivity contribution in [2.75, 3.05) is 0 Å². The van der Waals surface area contributed by atoms with E-state index in [4.69, 9.17) is 4.74 Å². The summed E-state index contributed by atoms with van der Waals surface area (Å²) >= 11 is 11.7. The molecule has 0 fully saturated rings. The Hall–Kier alpha value is 0.350. The van der Waals surface area contributed by atoms with Gasteiger partial charge in [0.15, 0.2) is 0 Å². The highest BCUT2D eigenvalue weighted by atomic mass is 79.9. The Kier molecular flexibility index (Phi) is 5.02. The minimum atomic E-state index is -0.373. The van der Waals surface area contributed by atoms with Crippen molar-refractivity contribution in [3.05, 3.63) is 29.8 Å². The van der Waals surface area contributed by atoms with Gasteiger partial charge >= 0.3 is 5.97 Å². The predicted molar refractivity (Wildman–Crippen MR) is 72.0 cm³/mol. The van der Waals surface area contributed by atoms with Crippen molar-refractivity contribution in [1.82, 2.24) is 0 Å². The van der Waals surface area contributed by atoms with Crippen LogP contribution in [0, 0.1) is 0 Å². The second-order valence-electron chi connectivity index (χ2n) is 2.78. The van der Waals surface area contributed by atoms with Crippen molar-refractivity contribution in [3.8, 4) is 0 Å². The lowest BCUT2D eigenvalue weighted by atomic mass is 10.4. The normalized spacial score (nSPS) is 10.1. The topological polar surface area (TPSA) is 26.3 Å². The molecule has 2 nitrogen and oxygen atoms in total. The fourth-order valence-corrected chi connectivity index (χ4v) is 3.82. The van der Waals surface area contributed by atoms with Crippen LogP contribution in [-0.2, 0) is 16.1 Å². The maximum atomic E-state index is 11.2. The fraction of sp³-hybridized carbons (Fsp3) is 0.222. The number of rotatable bonds is 3. The molecule has 0 radical (unpaired) electrons. The van der Waals surface area contributed by atoms with Crippen molar-refractivity contribution >= 4 is 65.1 Å². The molecule has 0 atom stereocenters. The molecule has 0 spiro atoms. The van der Waals surface area contributed by atoms with Crippen molar-refractivity contribution < 1.29 is 9.53 Å². The average molecular weight is 419 g/mol. The van der Waals surface area contributed by atoms with E-state index < -0.39 is 0 Å². The van der Waals surface area contributed by atoms with Crippen LogP contribution in [-0.4, -0.2) is 5.97 Å². The highest BCUT2D eigenvalue weighted by Crippen LogP contribution is 2.41. The molecule has 1 aromatic heterocycles. The Morgan fingerprint density at radius 1 is 1.40 bits per heavy atom. The Balaban J connectivity index is 2.70. The third-order valence-electron chi connectivity index (χ3n) is 1.51. The number of hydrogen-bond acceptors (Lipinski definition) is 3. The second-order valence-corrected chi connectivity index (χ2v) is 6.79. The molecule has 6 heteroatoms. The van der Waals surface area contributed by atoms with Crippen LogP contribution < -0.4 is 0 Å². The van der Waals surface area contributed by atoms with Crippen LogP contribution in [0.25, 0.3) is 0 Å². The SMILES string of the molecule is C=C(C)C(=O)OCc1sc(Br)c(Br)c1Br. The van der Waals surface area contributed by atoms with Crippen LogP contribution in [0.15, 0.2) is 24.9 Å². The molecule has 82 valence electrons. The molecular formula is C9H7Br3O2S. The number of ether oxygens (including phenoxy) is 1. The van der Waals surface area contributed by atoms with Crippen LogP contribution in [0.3, 0.4) is 0 Å². The first-order valence-electron chi connectivity index (χ1n) is 3.88. The summed E-state index contributed by atoms with van der Waals surface area (Å²) in [5.41, 5.74) is 0.404. The third kappa shape index (κ3) is 3.41. The number of halogens is 3. The molecule has 0 saturated carbocycles. The van der Waals surface area contributed by atoms with Gasteiger partial charge in [-0.05, 0) is 54.7 Å². The van der Waals surface area contributed by atoms with Gasteiger partial charge < -0.3 is 4.74 Å². The molecule has 0 amide bonds. The largest absolute Gasteiger partial charge is 0.457 e. The van der Waals surface area contributed by atoms with Crippen LogP contribution in [0.2, 0.25) is 0 Å². The maximum Gasteiger partial charge on any atom is 0.333 e. The minimum absolute atomic E-state index is 0.251.